The summed E-state index contributed by atoms with van der Waals surface area (Å²) in [5.74, 6) is -3.16. The zero-order valence-corrected chi connectivity index (χ0v) is 26.1. The van der Waals surface area contributed by atoms with Gasteiger partial charge in [-0.1, -0.05) is 62.4 Å². The predicted octanol–water partition coefficient (Wildman–Crippen LogP) is 4.03. The summed E-state index contributed by atoms with van der Waals surface area (Å²) in [7, 11) is -6.78. The highest BCUT2D eigenvalue weighted by Crippen LogP contribution is 2.36. The van der Waals surface area contributed by atoms with Crippen LogP contribution < -0.4 is 14.3 Å². The van der Waals surface area contributed by atoms with E-state index in [0.29, 0.717) is 16.6 Å². The van der Waals surface area contributed by atoms with Crippen LogP contribution >= 0.6 is 0 Å². The van der Waals surface area contributed by atoms with Gasteiger partial charge >= 0.3 is 5.97 Å². The molecule has 11 nitrogen and oxygen atoms in total. The highest BCUT2D eigenvalue weighted by molar-refractivity contribution is 7.92. The average Bonchev–Trinajstić information content (AvgIpc) is 3.32. The zero-order valence-electron chi connectivity index (χ0n) is 24.5. The first kappa shape index (κ1) is 32.0. The smallest absolute Gasteiger partial charge is 0.321 e. The third kappa shape index (κ3) is 6.10. The van der Waals surface area contributed by atoms with E-state index in [9.17, 15) is 31.5 Å². The van der Waals surface area contributed by atoms with Gasteiger partial charge < -0.3 is 14.8 Å². The molecule has 230 valence electrons. The van der Waals surface area contributed by atoms with Crippen LogP contribution in [0.15, 0.2) is 71.2 Å². The number of allylic oxidation sites excluding steroid dienone is 2. The Morgan fingerprint density at radius 1 is 1.07 bits per heavy atom. The van der Waals surface area contributed by atoms with E-state index in [1.807, 2.05) is 30.3 Å². The van der Waals surface area contributed by atoms with Crippen LogP contribution in [0, 0.1) is 12.8 Å². The summed E-state index contributed by atoms with van der Waals surface area (Å²) in [5, 5.41) is 12.7. The second kappa shape index (κ2) is 12.0. The fourth-order valence-corrected chi connectivity index (χ4v) is 7.46. The molecule has 1 aromatic heterocycles. The first-order chi connectivity index (χ1) is 20.1. The molecule has 0 spiro atoms. The lowest BCUT2D eigenvalue weighted by atomic mass is 9.96. The topological polar surface area (TPSA) is 163 Å². The van der Waals surface area contributed by atoms with Gasteiger partial charge in [-0.2, -0.15) is 4.72 Å². The van der Waals surface area contributed by atoms with Crippen LogP contribution in [-0.2, 0) is 24.8 Å². The fourth-order valence-electron chi connectivity index (χ4n) is 4.92. The van der Waals surface area contributed by atoms with Crippen LogP contribution in [0.25, 0.3) is 16.5 Å². The van der Waals surface area contributed by atoms with E-state index in [0.717, 1.165) is 15.4 Å². The van der Waals surface area contributed by atoms with Crippen molar-refractivity contribution in [3.8, 4) is 0 Å². The Hall–Kier alpha value is -3.94. The van der Waals surface area contributed by atoms with Crippen molar-refractivity contribution in [3.05, 3.63) is 83.6 Å². The van der Waals surface area contributed by atoms with E-state index in [1.54, 1.807) is 51.1 Å². The molecule has 3 aromatic rings. The Morgan fingerprint density at radius 2 is 1.74 bits per heavy atom. The normalized spacial score (nSPS) is 18.0. The molecule has 0 radical (unpaired) electrons. The number of rotatable bonds is 11. The molecular formula is C30H35N3O8S2. The van der Waals surface area contributed by atoms with E-state index < -0.39 is 48.8 Å². The lowest BCUT2D eigenvalue weighted by molar-refractivity contribution is -0.140. The van der Waals surface area contributed by atoms with Crippen molar-refractivity contribution in [3.63, 3.8) is 0 Å². The lowest BCUT2D eigenvalue weighted by Gasteiger charge is -2.34. The number of sulfonamides is 2. The minimum atomic E-state index is -4.55. The van der Waals surface area contributed by atoms with E-state index >= 15 is 0 Å². The number of hydrogen-bond acceptors (Lipinski definition) is 7. The van der Waals surface area contributed by atoms with Gasteiger partial charge in [-0.15, -0.1) is 0 Å². The third-order valence-electron chi connectivity index (χ3n) is 7.54. The van der Waals surface area contributed by atoms with E-state index in [2.05, 4.69) is 10.0 Å². The van der Waals surface area contributed by atoms with Crippen molar-refractivity contribution in [2.75, 3.05) is 17.1 Å². The van der Waals surface area contributed by atoms with Gasteiger partial charge in [0, 0.05) is 24.4 Å². The second-order valence-electron chi connectivity index (χ2n) is 10.7. The fraction of sp³-hybridized carbons (Fsp3) is 0.333. The number of anilines is 1. The number of furan rings is 1. The summed E-state index contributed by atoms with van der Waals surface area (Å²) < 4.78 is 62.3. The molecule has 0 bridgehead atoms. The molecular weight excluding hydrogens is 594 g/mol. The molecule has 3 N–H and O–H groups in total. The van der Waals surface area contributed by atoms with E-state index in [1.165, 1.54) is 20.0 Å². The number of benzene rings is 2. The highest BCUT2D eigenvalue weighted by Gasteiger charge is 2.46. The van der Waals surface area contributed by atoms with Crippen LogP contribution in [0.3, 0.4) is 0 Å². The minimum Gasteiger partial charge on any atom is -0.480 e. The molecule has 0 aliphatic heterocycles. The molecule has 1 heterocycles. The number of hydrogen-bond donors (Lipinski definition) is 3. The first-order valence-corrected chi connectivity index (χ1v) is 16.7. The van der Waals surface area contributed by atoms with Gasteiger partial charge in [0.2, 0.25) is 20.0 Å². The van der Waals surface area contributed by atoms with Gasteiger partial charge in [0.1, 0.15) is 11.6 Å². The van der Waals surface area contributed by atoms with Crippen LogP contribution in [-0.4, -0.2) is 57.5 Å². The number of nitrogens with zero attached hydrogens (tertiary/aromatic N) is 1. The summed E-state index contributed by atoms with van der Waals surface area (Å²) in [4.78, 5) is 23.6. The maximum Gasteiger partial charge on any atom is 0.321 e. The standard InChI is InChI=1S/C30H35N3O8S2/c1-6-42(37,38)33(5)23-13-10-14-24-25(23)20(4)27(41-24)28(34)31-30(43(39,40)32-26(19(2)3)29(35)36)17-15-22(16-18-30)21-11-8-7-9-12-21/h7-17,19,26,32H,6,18H2,1-5H3,(H,31,34)(H,35,36)/t26-,30?/m0/s1. The number of carbonyl (C=O) groups excluding carboxylic acids is 1. The summed E-state index contributed by atoms with van der Waals surface area (Å²) in [6.07, 6.45) is 4.35. The van der Waals surface area contributed by atoms with Crippen molar-refractivity contribution in [1.29, 1.82) is 0 Å². The molecule has 0 saturated carbocycles. The molecule has 43 heavy (non-hydrogen) atoms. The van der Waals surface area contributed by atoms with Crippen molar-refractivity contribution in [2.45, 2.75) is 45.0 Å². The van der Waals surface area contributed by atoms with Gasteiger partial charge in [0.15, 0.2) is 10.6 Å². The van der Waals surface area contributed by atoms with Gasteiger partial charge in [0.05, 0.1) is 11.4 Å². The number of amides is 1. The molecule has 1 aliphatic rings. The monoisotopic (exact) mass is 629 g/mol. The van der Waals surface area contributed by atoms with Crippen molar-refractivity contribution < 1.29 is 35.9 Å². The predicted molar refractivity (Wildman–Crippen MR) is 166 cm³/mol. The second-order valence-corrected chi connectivity index (χ2v) is 14.9. The van der Waals surface area contributed by atoms with Crippen molar-refractivity contribution >= 4 is 54.2 Å². The summed E-state index contributed by atoms with van der Waals surface area (Å²) >= 11 is 0. The van der Waals surface area contributed by atoms with Crippen LogP contribution in [0.1, 0.15) is 48.9 Å². The largest absolute Gasteiger partial charge is 0.480 e. The SMILES string of the molecule is CCS(=O)(=O)N(C)c1cccc2oc(C(=O)NC3(S(=O)(=O)N[C@H](C(=O)O)C(C)C)C=CC(c4ccccc4)=CC3)c(C)c12. The molecule has 1 amide bonds. The Kier molecular flexibility index (Phi) is 8.91. The molecule has 2 atom stereocenters. The molecule has 1 unspecified atom stereocenters. The van der Waals surface area contributed by atoms with Crippen molar-refractivity contribution in [2.24, 2.45) is 5.92 Å². The molecule has 1 aliphatic carbocycles. The van der Waals surface area contributed by atoms with Crippen LogP contribution in [0.4, 0.5) is 5.69 Å². The number of carboxylic acids is 1. The maximum absolute atomic E-state index is 13.9. The number of nitrogens with one attached hydrogen (secondary N) is 2. The number of aryl methyl sites for hydroxylation is 1. The first-order valence-electron chi connectivity index (χ1n) is 13.6. The summed E-state index contributed by atoms with van der Waals surface area (Å²) in [6, 6.07) is 12.6. The van der Waals surface area contributed by atoms with E-state index in [4.69, 9.17) is 4.42 Å². The minimum absolute atomic E-state index is 0.143. The maximum atomic E-state index is 13.9. The van der Waals surface area contributed by atoms with Crippen LogP contribution in [0.2, 0.25) is 0 Å². The molecule has 4 rings (SSSR count). The van der Waals surface area contributed by atoms with Gasteiger partial charge in [-0.3, -0.25) is 13.9 Å². The Balaban J connectivity index is 1.78. The molecule has 0 saturated heterocycles. The molecule has 0 fully saturated rings. The van der Waals surface area contributed by atoms with Gasteiger partial charge in [0.25, 0.3) is 5.91 Å². The molecule has 2 aromatic carbocycles. The van der Waals surface area contributed by atoms with Crippen LogP contribution in [0.5, 0.6) is 0 Å². The number of carbonyl (C=O) groups is 2. The molecule has 13 heteroatoms. The summed E-state index contributed by atoms with van der Waals surface area (Å²) in [6.45, 7) is 6.24. The van der Waals surface area contributed by atoms with Gasteiger partial charge in [-0.25, -0.2) is 16.8 Å². The zero-order chi connectivity index (χ0) is 31.7. The van der Waals surface area contributed by atoms with Crippen molar-refractivity contribution in [1.82, 2.24) is 10.0 Å². The summed E-state index contributed by atoms with van der Waals surface area (Å²) in [5.41, 5.74) is 2.42. The Bertz CT molecular complexity index is 1830. The number of aliphatic carboxylic acids is 1. The number of carboxylic acid groups (broad SMARTS) is 1. The quantitative estimate of drug-likeness (QED) is 0.286. The lowest BCUT2D eigenvalue weighted by Crippen LogP contribution is -2.60. The highest BCUT2D eigenvalue weighted by atomic mass is 32.2. The Labute approximate surface area is 251 Å². The van der Waals surface area contributed by atoms with Gasteiger partial charge in [-0.05, 0) is 49.1 Å². The average molecular weight is 630 g/mol. The third-order valence-corrected chi connectivity index (χ3v) is 11.2. The van der Waals surface area contributed by atoms with E-state index in [-0.39, 0.29) is 23.5 Å². The Morgan fingerprint density at radius 3 is 2.30 bits per heavy atom. The number of fused-ring (bicyclic) bond motifs is 1.